The molecule has 1 aliphatic rings. The first-order chi connectivity index (χ1) is 15.4. The molecule has 14 heteroatoms. The summed E-state index contributed by atoms with van der Waals surface area (Å²) in [6.07, 6.45) is -7.51. The number of benzene rings is 2. The Balaban J connectivity index is 2.07. The molecule has 10 nitrogen and oxygen atoms in total. The first-order valence-corrected chi connectivity index (χ1v) is 10.7. The zero-order valence-electron chi connectivity index (χ0n) is 16.9. The Bertz CT molecular complexity index is 1170. The summed E-state index contributed by atoms with van der Waals surface area (Å²) in [5, 5.41) is 11.0. The van der Waals surface area contributed by atoms with Crippen molar-refractivity contribution in [2.45, 2.75) is 23.6 Å². The van der Waals surface area contributed by atoms with E-state index in [1.165, 1.54) is 25.3 Å². The molecule has 3 rings (SSSR count). The van der Waals surface area contributed by atoms with Crippen LogP contribution in [0.1, 0.15) is 12.0 Å². The van der Waals surface area contributed by atoms with Crippen LogP contribution in [0.5, 0.6) is 5.75 Å². The molecular formula is C19H18F3N3O7S. The summed E-state index contributed by atoms with van der Waals surface area (Å²) in [6.45, 7) is -0.431. The van der Waals surface area contributed by atoms with E-state index < -0.39 is 51.3 Å². The SMILES string of the molecule is CONC(=O)CC1CN(S(=O)(=O)c2cccc(C(F)(F)F)c2)c2cc(NC(=O)O)ccc2O1. The second-order valence-corrected chi connectivity index (χ2v) is 8.71. The van der Waals surface area contributed by atoms with Crippen LogP contribution < -0.4 is 19.8 Å². The third kappa shape index (κ3) is 5.46. The Morgan fingerprint density at radius 1 is 1.24 bits per heavy atom. The highest BCUT2D eigenvalue weighted by molar-refractivity contribution is 7.92. The molecule has 33 heavy (non-hydrogen) atoms. The van der Waals surface area contributed by atoms with Gasteiger partial charge in [0.15, 0.2) is 0 Å². The van der Waals surface area contributed by atoms with Gasteiger partial charge in [0, 0.05) is 5.69 Å². The lowest BCUT2D eigenvalue weighted by molar-refractivity contribution is -0.137. The molecule has 2 amide bonds. The number of hydroxylamine groups is 1. The van der Waals surface area contributed by atoms with Gasteiger partial charge in [-0.1, -0.05) is 6.07 Å². The van der Waals surface area contributed by atoms with Crippen LogP contribution in [0, 0.1) is 0 Å². The van der Waals surface area contributed by atoms with Crippen LogP contribution in [0.2, 0.25) is 0 Å². The number of sulfonamides is 1. The molecule has 178 valence electrons. The van der Waals surface area contributed by atoms with E-state index in [2.05, 4.69) is 15.6 Å². The number of halogens is 3. The number of fused-ring (bicyclic) bond motifs is 1. The van der Waals surface area contributed by atoms with E-state index in [0.29, 0.717) is 6.07 Å². The van der Waals surface area contributed by atoms with Crippen molar-refractivity contribution in [1.29, 1.82) is 0 Å². The molecular weight excluding hydrogens is 471 g/mol. The number of ether oxygens (including phenoxy) is 1. The Hall–Kier alpha value is -3.52. The summed E-state index contributed by atoms with van der Waals surface area (Å²) in [4.78, 5) is 26.7. The van der Waals surface area contributed by atoms with Crippen molar-refractivity contribution in [3.8, 4) is 5.75 Å². The van der Waals surface area contributed by atoms with Gasteiger partial charge in [0.05, 0.1) is 36.2 Å². The molecule has 0 spiro atoms. The number of carboxylic acid groups (broad SMARTS) is 1. The highest BCUT2D eigenvalue weighted by Crippen LogP contribution is 2.40. The predicted molar refractivity (Wildman–Crippen MR) is 108 cm³/mol. The molecule has 1 unspecified atom stereocenters. The molecule has 0 aliphatic carbocycles. The minimum Gasteiger partial charge on any atom is -0.486 e. The lowest BCUT2D eigenvalue weighted by Crippen LogP contribution is -2.45. The number of rotatable bonds is 6. The fraction of sp³-hybridized carbons (Fsp3) is 0.263. The second-order valence-electron chi connectivity index (χ2n) is 6.85. The van der Waals surface area contributed by atoms with Crippen molar-refractivity contribution in [2.75, 3.05) is 23.3 Å². The first-order valence-electron chi connectivity index (χ1n) is 9.24. The minimum absolute atomic E-state index is 0.00432. The van der Waals surface area contributed by atoms with Gasteiger partial charge in [-0.2, -0.15) is 13.2 Å². The molecule has 1 heterocycles. The molecule has 0 aromatic heterocycles. The highest BCUT2D eigenvalue weighted by atomic mass is 32.2. The number of alkyl halides is 3. The van der Waals surface area contributed by atoms with Crippen molar-refractivity contribution >= 4 is 33.4 Å². The number of carbonyl (C=O) groups excluding carboxylic acids is 1. The van der Waals surface area contributed by atoms with Gasteiger partial charge in [0.2, 0.25) is 5.91 Å². The number of hydrogen-bond donors (Lipinski definition) is 3. The topological polar surface area (TPSA) is 134 Å². The third-order valence-corrected chi connectivity index (χ3v) is 6.30. The van der Waals surface area contributed by atoms with Gasteiger partial charge in [-0.05, 0) is 36.4 Å². The molecule has 1 atom stereocenters. The van der Waals surface area contributed by atoms with Crippen LogP contribution in [0.25, 0.3) is 0 Å². The first kappa shape index (κ1) is 24.1. The van der Waals surface area contributed by atoms with E-state index in [4.69, 9.17) is 9.84 Å². The fourth-order valence-corrected chi connectivity index (χ4v) is 4.71. The molecule has 0 saturated carbocycles. The quantitative estimate of drug-likeness (QED) is 0.531. The summed E-state index contributed by atoms with van der Waals surface area (Å²) >= 11 is 0. The van der Waals surface area contributed by atoms with Crippen LogP contribution in [0.15, 0.2) is 47.4 Å². The van der Waals surface area contributed by atoms with E-state index >= 15 is 0 Å². The fourth-order valence-electron chi connectivity index (χ4n) is 3.17. The highest BCUT2D eigenvalue weighted by Gasteiger charge is 2.37. The Morgan fingerprint density at radius 2 is 1.97 bits per heavy atom. The van der Waals surface area contributed by atoms with Crippen molar-refractivity contribution in [2.24, 2.45) is 0 Å². The summed E-state index contributed by atoms with van der Waals surface area (Å²) in [5.41, 5.74) is 0.807. The smallest absolute Gasteiger partial charge is 0.416 e. The van der Waals surface area contributed by atoms with E-state index in [-0.39, 0.29) is 23.5 Å². The van der Waals surface area contributed by atoms with E-state index in [1.807, 2.05) is 0 Å². The number of hydrogen-bond acceptors (Lipinski definition) is 6. The molecule has 0 saturated heterocycles. The lowest BCUT2D eigenvalue weighted by Gasteiger charge is -2.35. The van der Waals surface area contributed by atoms with E-state index in [0.717, 1.165) is 22.5 Å². The van der Waals surface area contributed by atoms with Crippen LogP contribution in [0.4, 0.5) is 29.3 Å². The Labute approximate surface area is 185 Å². The maximum absolute atomic E-state index is 13.4. The number of nitrogens with one attached hydrogen (secondary N) is 2. The van der Waals surface area contributed by atoms with E-state index in [1.54, 1.807) is 0 Å². The van der Waals surface area contributed by atoms with Crippen molar-refractivity contribution in [1.82, 2.24) is 5.48 Å². The van der Waals surface area contributed by atoms with Gasteiger partial charge in [-0.15, -0.1) is 0 Å². The van der Waals surface area contributed by atoms with Crippen molar-refractivity contribution in [3.05, 3.63) is 48.0 Å². The second kappa shape index (κ2) is 9.15. The van der Waals surface area contributed by atoms with Crippen LogP contribution in [0.3, 0.4) is 0 Å². The van der Waals surface area contributed by atoms with Crippen LogP contribution >= 0.6 is 0 Å². The minimum atomic E-state index is -4.77. The zero-order valence-corrected chi connectivity index (χ0v) is 17.7. The maximum Gasteiger partial charge on any atom is 0.416 e. The Kier molecular flexibility index (Phi) is 6.69. The van der Waals surface area contributed by atoms with Crippen LogP contribution in [-0.4, -0.2) is 45.3 Å². The molecule has 2 aromatic carbocycles. The monoisotopic (exact) mass is 489 g/mol. The molecule has 3 N–H and O–H groups in total. The summed E-state index contributed by atoms with van der Waals surface area (Å²) < 4.78 is 72.6. The summed E-state index contributed by atoms with van der Waals surface area (Å²) in [5.74, 6) is -0.630. The molecule has 1 aliphatic heterocycles. The number of nitrogens with zero attached hydrogens (tertiary/aromatic N) is 1. The van der Waals surface area contributed by atoms with Gasteiger partial charge in [0.1, 0.15) is 11.9 Å². The average Bonchev–Trinajstić information content (AvgIpc) is 2.72. The van der Waals surface area contributed by atoms with Gasteiger partial charge in [-0.25, -0.2) is 18.7 Å². The number of carbonyl (C=O) groups is 2. The molecule has 0 radical (unpaired) electrons. The molecule has 2 aromatic rings. The van der Waals surface area contributed by atoms with Crippen molar-refractivity contribution < 1.29 is 45.9 Å². The van der Waals surface area contributed by atoms with Crippen molar-refractivity contribution in [3.63, 3.8) is 0 Å². The number of anilines is 2. The largest absolute Gasteiger partial charge is 0.486 e. The summed E-state index contributed by atoms with van der Waals surface area (Å²) in [7, 11) is -3.36. The molecule has 0 fully saturated rings. The van der Waals surface area contributed by atoms with Gasteiger partial charge >= 0.3 is 12.3 Å². The Morgan fingerprint density at radius 3 is 2.61 bits per heavy atom. The predicted octanol–water partition coefficient (Wildman–Crippen LogP) is 2.82. The third-order valence-electron chi connectivity index (χ3n) is 4.52. The van der Waals surface area contributed by atoms with Crippen LogP contribution in [-0.2, 0) is 25.8 Å². The van der Waals surface area contributed by atoms with Gasteiger partial charge in [0.25, 0.3) is 10.0 Å². The van der Waals surface area contributed by atoms with Gasteiger partial charge < -0.3 is 9.84 Å². The number of amides is 2. The lowest BCUT2D eigenvalue weighted by atomic mass is 10.1. The summed E-state index contributed by atoms with van der Waals surface area (Å²) in [6, 6.07) is 6.96. The van der Waals surface area contributed by atoms with Gasteiger partial charge in [-0.3, -0.25) is 19.3 Å². The van der Waals surface area contributed by atoms with E-state index in [9.17, 15) is 31.2 Å². The average molecular weight is 489 g/mol. The standard InChI is InChI=1S/C19H18F3N3O7S/c1-31-24-17(26)9-13-10-25(15-8-12(23-18(27)28)5-6-16(15)32-13)33(29,30)14-4-2-3-11(7-14)19(20,21)22/h2-8,13,23H,9-10H2,1H3,(H,24,26)(H,27,28). The zero-order chi connectivity index (χ0) is 24.4. The maximum atomic E-state index is 13.4. The normalized spacial score (nSPS) is 15.9. The molecule has 0 bridgehead atoms.